The third-order valence-electron chi connectivity index (χ3n) is 3.41. The van der Waals surface area contributed by atoms with Gasteiger partial charge >= 0.3 is 0 Å². The maximum absolute atomic E-state index is 5.71. The molecule has 0 aliphatic rings. The van der Waals surface area contributed by atoms with Crippen molar-refractivity contribution < 1.29 is 9.47 Å². The van der Waals surface area contributed by atoms with Crippen LogP contribution in [-0.2, 0) is 4.74 Å². The summed E-state index contributed by atoms with van der Waals surface area (Å²) in [7, 11) is 1.73. The van der Waals surface area contributed by atoms with Crippen molar-refractivity contribution in [1.29, 1.82) is 0 Å². The lowest BCUT2D eigenvalue weighted by atomic mass is 10.0. The Kier molecular flexibility index (Phi) is 7.27. The van der Waals surface area contributed by atoms with Crippen LogP contribution in [0.4, 0.5) is 0 Å². The SMILES string of the molecule is [CH]=Cc1[c]c(OCC(CCC(C)CC)OC)ccc1. The Morgan fingerprint density at radius 2 is 2.16 bits per heavy atom. The maximum atomic E-state index is 5.71. The largest absolute Gasteiger partial charge is 0.490 e. The molecule has 104 valence electrons. The van der Waals surface area contributed by atoms with E-state index in [4.69, 9.17) is 16.1 Å². The first kappa shape index (κ1) is 15.8. The molecule has 0 heterocycles. The molecular formula is C17H24O2. The molecule has 0 aliphatic carbocycles. The Bertz CT molecular complexity index is 373. The quantitative estimate of drug-likeness (QED) is 0.664. The van der Waals surface area contributed by atoms with Crippen LogP contribution in [0.1, 0.15) is 38.7 Å². The van der Waals surface area contributed by atoms with E-state index in [0.717, 1.165) is 17.9 Å². The standard InChI is InChI=1S/C17H24O2/c1-5-14(3)10-11-17(18-4)13-19-16-9-7-8-15(6-2)12-16/h2,6-9,14,17H,5,10-11,13H2,1,3-4H3. The minimum Gasteiger partial charge on any atom is -0.490 e. The van der Waals surface area contributed by atoms with E-state index in [-0.39, 0.29) is 6.10 Å². The number of benzene rings is 1. The van der Waals surface area contributed by atoms with Crippen molar-refractivity contribution in [1.82, 2.24) is 0 Å². The number of hydrogen-bond acceptors (Lipinski definition) is 2. The minimum atomic E-state index is 0.132. The van der Waals surface area contributed by atoms with Crippen molar-refractivity contribution in [3.63, 3.8) is 0 Å². The molecule has 0 aromatic heterocycles. The van der Waals surface area contributed by atoms with Gasteiger partial charge in [-0.25, -0.2) is 0 Å². The van der Waals surface area contributed by atoms with Gasteiger partial charge in [-0.1, -0.05) is 45.1 Å². The topological polar surface area (TPSA) is 18.5 Å². The molecule has 2 radical (unpaired) electrons. The molecule has 0 fully saturated rings. The third-order valence-corrected chi connectivity index (χ3v) is 3.41. The fraction of sp³-hybridized carbons (Fsp3) is 0.529. The van der Waals surface area contributed by atoms with E-state index in [2.05, 4.69) is 19.9 Å². The number of rotatable bonds is 9. The highest BCUT2D eigenvalue weighted by atomic mass is 16.5. The van der Waals surface area contributed by atoms with Gasteiger partial charge in [0.2, 0.25) is 0 Å². The number of hydrogen-bond donors (Lipinski definition) is 0. The van der Waals surface area contributed by atoms with Crippen LogP contribution >= 0.6 is 0 Å². The molecule has 0 bridgehead atoms. The van der Waals surface area contributed by atoms with Crippen LogP contribution < -0.4 is 4.74 Å². The Labute approximate surface area is 117 Å². The summed E-state index contributed by atoms with van der Waals surface area (Å²) < 4.78 is 11.2. The summed E-state index contributed by atoms with van der Waals surface area (Å²) >= 11 is 0. The van der Waals surface area contributed by atoms with E-state index in [1.54, 1.807) is 7.11 Å². The van der Waals surface area contributed by atoms with Gasteiger partial charge in [0.25, 0.3) is 0 Å². The van der Waals surface area contributed by atoms with E-state index in [9.17, 15) is 0 Å². The average Bonchev–Trinajstić information content (AvgIpc) is 2.47. The molecule has 1 rings (SSSR count). The van der Waals surface area contributed by atoms with E-state index in [1.807, 2.05) is 18.2 Å². The van der Waals surface area contributed by atoms with E-state index in [1.165, 1.54) is 18.9 Å². The van der Waals surface area contributed by atoms with Crippen LogP contribution in [0.25, 0.3) is 6.08 Å². The van der Waals surface area contributed by atoms with Gasteiger partial charge in [-0.05, 0) is 30.4 Å². The lowest BCUT2D eigenvalue weighted by molar-refractivity contribution is 0.0476. The van der Waals surface area contributed by atoms with Crippen molar-refractivity contribution in [3.8, 4) is 5.75 Å². The average molecular weight is 260 g/mol. The lowest BCUT2D eigenvalue weighted by Gasteiger charge is -2.18. The lowest BCUT2D eigenvalue weighted by Crippen LogP contribution is -2.21. The van der Waals surface area contributed by atoms with Crippen molar-refractivity contribution in [2.24, 2.45) is 5.92 Å². The van der Waals surface area contributed by atoms with E-state index in [0.29, 0.717) is 12.4 Å². The van der Waals surface area contributed by atoms with E-state index < -0.39 is 0 Å². The van der Waals surface area contributed by atoms with Crippen molar-refractivity contribution in [2.75, 3.05) is 13.7 Å². The molecule has 19 heavy (non-hydrogen) atoms. The van der Waals surface area contributed by atoms with Gasteiger partial charge in [0, 0.05) is 13.2 Å². The Morgan fingerprint density at radius 3 is 2.79 bits per heavy atom. The van der Waals surface area contributed by atoms with Crippen LogP contribution in [0.5, 0.6) is 5.75 Å². The molecule has 0 amide bonds. The van der Waals surface area contributed by atoms with Crippen LogP contribution in [0.3, 0.4) is 0 Å². The molecule has 2 atom stereocenters. The molecule has 0 saturated carbocycles. The van der Waals surface area contributed by atoms with Gasteiger partial charge in [-0.2, -0.15) is 0 Å². The van der Waals surface area contributed by atoms with Crippen molar-refractivity contribution in [3.05, 3.63) is 36.4 Å². The molecular weight excluding hydrogens is 236 g/mol. The monoisotopic (exact) mass is 260 g/mol. The van der Waals surface area contributed by atoms with Gasteiger partial charge in [-0.3, -0.25) is 0 Å². The molecule has 0 saturated heterocycles. The summed E-state index contributed by atoms with van der Waals surface area (Å²) in [4.78, 5) is 0. The summed E-state index contributed by atoms with van der Waals surface area (Å²) in [5.74, 6) is 1.45. The zero-order chi connectivity index (χ0) is 14.1. The predicted molar refractivity (Wildman–Crippen MR) is 79.0 cm³/mol. The maximum Gasteiger partial charge on any atom is 0.128 e. The fourth-order valence-corrected chi connectivity index (χ4v) is 1.77. The van der Waals surface area contributed by atoms with Gasteiger partial charge < -0.3 is 9.47 Å². The smallest absolute Gasteiger partial charge is 0.128 e. The van der Waals surface area contributed by atoms with Crippen LogP contribution in [0.2, 0.25) is 0 Å². The Balaban J connectivity index is 2.41. The predicted octanol–water partition coefficient (Wildman–Crippen LogP) is 4.15. The minimum absolute atomic E-state index is 0.132. The molecule has 2 unspecified atom stereocenters. The zero-order valence-electron chi connectivity index (χ0n) is 12.2. The summed E-state index contributed by atoms with van der Waals surface area (Å²) in [5.41, 5.74) is 0.839. The molecule has 2 nitrogen and oxygen atoms in total. The van der Waals surface area contributed by atoms with Crippen molar-refractivity contribution >= 4 is 6.08 Å². The fourth-order valence-electron chi connectivity index (χ4n) is 1.77. The van der Waals surface area contributed by atoms with Gasteiger partial charge in [0.15, 0.2) is 0 Å². The highest BCUT2D eigenvalue weighted by Gasteiger charge is 2.10. The van der Waals surface area contributed by atoms with E-state index >= 15 is 0 Å². The molecule has 0 aliphatic heterocycles. The molecule has 1 aromatic carbocycles. The Morgan fingerprint density at radius 1 is 1.37 bits per heavy atom. The summed E-state index contributed by atoms with van der Waals surface area (Å²) in [6.07, 6.45) is 5.04. The van der Waals surface area contributed by atoms with Gasteiger partial charge in [0.1, 0.15) is 12.4 Å². The number of methoxy groups -OCH3 is 1. The van der Waals surface area contributed by atoms with Crippen LogP contribution in [-0.4, -0.2) is 19.8 Å². The molecule has 0 spiro atoms. The second-order valence-corrected chi connectivity index (χ2v) is 4.90. The highest BCUT2D eigenvalue weighted by molar-refractivity contribution is 5.47. The normalized spacial score (nSPS) is 13.8. The molecule has 0 N–H and O–H groups in total. The zero-order valence-corrected chi connectivity index (χ0v) is 12.2. The summed E-state index contributed by atoms with van der Waals surface area (Å²) in [5, 5.41) is 0. The Hall–Kier alpha value is -1.28. The summed E-state index contributed by atoms with van der Waals surface area (Å²) in [6.45, 7) is 10.5. The van der Waals surface area contributed by atoms with Gasteiger partial charge in [0.05, 0.1) is 6.10 Å². The second-order valence-electron chi connectivity index (χ2n) is 4.90. The first-order chi connectivity index (χ1) is 9.19. The molecule has 1 aromatic rings. The summed E-state index contributed by atoms with van der Waals surface area (Å²) in [6, 6.07) is 8.78. The number of ether oxygens (including phenoxy) is 2. The van der Waals surface area contributed by atoms with Crippen LogP contribution in [0.15, 0.2) is 18.2 Å². The van der Waals surface area contributed by atoms with Crippen LogP contribution in [0, 0.1) is 18.6 Å². The first-order valence-corrected chi connectivity index (χ1v) is 6.92. The van der Waals surface area contributed by atoms with Gasteiger partial charge in [-0.15, -0.1) is 0 Å². The third kappa shape index (κ3) is 5.93. The first-order valence-electron chi connectivity index (χ1n) is 6.92. The molecule has 2 heteroatoms. The highest BCUT2D eigenvalue weighted by Crippen LogP contribution is 2.16. The second kappa shape index (κ2) is 8.76. The van der Waals surface area contributed by atoms with Crippen molar-refractivity contribution in [2.45, 2.75) is 39.2 Å².